The van der Waals surface area contributed by atoms with Gasteiger partial charge in [0, 0.05) is 23.7 Å². The molecule has 0 fully saturated rings. The number of rotatable bonds is 4. The van der Waals surface area contributed by atoms with E-state index in [1.165, 1.54) is 23.7 Å². The molecule has 1 aliphatic carbocycles. The van der Waals surface area contributed by atoms with Gasteiger partial charge < -0.3 is 10.5 Å². The van der Waals surface area contributed by atoms with Gasteiger partial charge in [-0.2, -0.15) is 5.10 Å². The summed E-state index contributed by atoms with van der Waals surface area (Å²) in [4.78, 5) is 20.0. The Bertz CT molecular complexity index is 920. The molecule has 3 aromatic rings. The van der Waals surface area contributed by atoms with Crippen LogP contribution in [-0.4, -0.2) is 25.7 Å². The molecule has 0 saturated heterocycles. The van der Waals surface area contributed by atoms with E-state index in [2.05, 4.69) is 15.1 Å². The van der Waals surface area contributed by atoms with E-state index in [1.54, 1.807) is 0 Å². The summed E-state index contributed by atoms with van der Waals surface area (Å²) < 4.78 is 7.32. The molecule has 0 saturated carbocycles. The van der Waals surface area contributed by atoms with Crippen LogP contribution in [0.2, 0.25) is 0 Å². The molecular weight excluding hydrogens is 318 g/mol. The molecule has 7 nitrogen and oxygen atoms in total. The molecule has 25 heavy (non-hydrogen) atoms. The largest absolute Gasteiger partial charge is 0.454 e. The summed E-state index contributed by atoms with van der Waals surface area (Å²) >= 11 is 0. The predicted molar refractivity (Wildman–Crippen MR) is 91.2 cm³/mol. The summed E-state index contributed by atoms with van der Waals surface area (Å²) in [6.07, 6.45) is 5.85. The summed E-state index contributed by atoms with van der Waals surface area (Å²) in [5, 5.41) is 4.66. The van der Waals surface area contributed by atoms with E-state index < -0.39 is 5.97 Å². The Hall–Kier alpha value is -3.22. The monoisotopic (exact) mass is 335 g/mol. The quantitative estimate of drug-likeness (QED) is 0.734. The average Bonchev–Trinajstić information content (AvgIpc) is 3.24. The molecule has 7 heteroatoms. The van der Waals surface area contributed by atoms with Gasteiger partial charge in [0.15, 0.2) is 11.5 Å². The molecule has 0 atom stereocenters. The lowest BCUT2D eigenvalue weighted by Gasteiger charge is -2.05. The minimum Gasteiger partial charge on any atom is -0.454 e. The van der Waals surface area contributed by atoms with E-state index in [0.29, 0.717) is 0 Å². The van der Waals surface area contributed by atoms with Crippen molar-refractivity contribution < 1.29 is 9.53 Å². The fourth-order valence-corrected chi connectivity index (χ4v) is 3.12. The molecule has 1 aromatic carbocycles. The van der Waals surface area contributed by atoms with Gasteiger partial charge >= 0.3 is 5.97 Å². The van der Waals surface area contributed by atoms with Gasteiger partial charge in [0.1, 0.15) is 12.3 Å². The van der Waals surface area contributed by atoms with Gasteiger partial charge in [-0.1, -0.05) is 18.2 Å². The van der Waals surface area contributed by atoms with Crippen LogP contribution in [0, 0.1) is 0 Å². The van der Waals surface area contributed by atoms with E-state index in [1.807, 2.05) is 35.0 Å². The van der Waals surface area contributed by atoms with Gasteiger partial charge in [0.05, 0.1) is 5.69 Å². The zero-order valence-electron chi connectivity index (χ0n) is 13.6. The molecular formula is C18H17N5O2. The summed E-state index contributed by atoms with van der Waals surface area (Å²) in [7, 11) is 0. The molecule has 126 valence electrons. The van der Waals surface area contributed by atoms with Crippen molar-refractivity contribution >= 4 is 11.8 Å². The van der Waals surface area contributed by atoms with E-state index in [4.69, 9.17) is 10.5 Å². The van der Waals surface area contributed by atoms with Crippen LogP contribution in [0.3, 0.4) is 0 Å². The molecule has 2 heterocycles. The van der Waals surface area contributed by atoms with E-state index in [0.717, 1.165) is 30.6 Å². The Labute approximate surface area is 144 Å². The number of benzene rings is 1. The number of esters is 1. The maximum atomic E-state index is 12.2. The number of para-hydroxylation sites is 1. The Balaban J connectivity index is 1.58. The first-order chi connectivity index (χ1) is 12.2. The Kier molecular flexibility index (Phi) is 3.89. The average molecular weight is 335 g/mol. The van der Waals surface area contributed by atoms with Crippen LogP contribution in [0.5, 0.6) is 0 Å². The molecule has 2 N–H and O–H groups in total. The molecule has 0 radical (unpaired) electrons. The molecule has 0 unspecified atom stereocenters. The Morgan fingerprint density at radius 3 is 2.76 bits per heavy atom. The molecule has 0 aliphatic heterocycles. The number of aromatic nitrogens is 4. The molecule has 0 bridgehead atoms. The van der Waals surface area contributed by atoms with Gasteiger partial charge in [-0.25, -0.2) is 19.4 Å². The van der Waals surface area contributed by atoms with Gasteiger partial charge in [-0.05, 0) is 31.4 Å². The molecule has 0 amide bonds. The van der Waals surface area contributed by atoms with Crippen molar-refractivity contribution in [3.63, 3.8) is 0 Å². The highest BCUT2D eigenvalue weighted by Gasteiger charge is 2.24. The highest BCUT2D eigenvalue weighted by molar-refractivity contribution is 5.91. The zero-order valence-corrected chi connectivity index (χ0v) is 13.6. The second kappa shape index (κ2) is 6.35. The third-order valence-electron chi connectivity index (χ3n) is 4.27. The molecule has 0 spiro atoms. The van der Waals surface area contributed by atoms with Gasteiger partial charge in [0.2, 0.25) is 0 Å². The number of fused-ring (bicyclic) bond motifs is 1. The first-order valence-corrected chi connectivity index (χ1v) is 8.12. The smallest absolute Gasteiger partial charge is 0.361 e. The molecule has 2 aromatic heterocycles. The third kappa shape index (κ3) is 2.84. The van der Waals surface area contributed by atoms with Crippen molar-refractivity contribution in [2.45, 2.75) is 25.9 Å². The SMILES string of the molecule is Nc1nccnc1C(=O)OCc1nn(-c2ccccc2)c2c1CCC2. The lowest BCUT2D eigenvalue weighted by molar-refractivity contribution is 0.0460. The maximum absolute atomic E-state index is 12.2. The van der Waals surface area contributed by atoms with Crippen LogP contribution < -0.4 is 5.73 Å². The van der Waals surface area contributed by atoms with Crippen molar-refractivity contribution in [3.05, 3.63) is 65.4 Å². The minimum atomic E-state index is -0.591. The number of anilines is 1. The topological polar surface area (TPSA) is 95.9 Å². The van der Waals surface area contributed by atoms with Gasteiger partial charge in [0.25, 0.3) is 0 Å². The van der Waals surface area contributed by atoms with Gasteiger partial charge in [-0.15, -0.1) is 0 Å². The standard InChI is InChI=1S/C18H17N5O2/c19-17-16(20-9-10-21-17)18(24)25-11-14-13-7-4-8-15(13)23(22-14)12-5-2-1-3-6-12/h1-3,5-6,9-10H,4,7-8,11H2,(H2,19,21). The third-order valence-corrected chi connectivity index (χ3v) is 4.27. The number of carbonyl (C=O) groups is 1. The Morgan fingerprint density at radius 1 is 1.16 bits per heavy atom. The number of nitrogens with two attached hydrogens (primary N) is 1. The molecule has 1 aliphatic rings. The lowest BCUT2D eigenvalue weighted by atomic mass is 10.2. The highest BCUT2D eigenvalue weighted by atomic mass is 16.5. The van der Waals surface area contributed by atoms with Crippen LogP contribution in [0.15, 0.2) is 42.7 Å². The van der Waals surface area contributed by atoms with Crippen LogP contribution >= 0.6 is 0 Å². The van der Waals surface area contributed by atoms with E-state index in [9.17, 15) is 4.79 Å². The first-order valence-electron chi connectivity index (χ1n) is 8.12. The number of hydrogen-bond donors (Lipinski definition) is 1. The van der Waals surface area contributed by atoms with E-state index in [-0.39, 0.29) is 18.1 Å². The predicted octanol–water partition coefficient (Wildman–Crippen LogP) is 2.09. The number of ether oxygens (including phenoxy) is 1. The van der Waals surface area contributed by atoms with Crippen molar-refractivity contribution in [1.29, 1.82) is 0 Å². The van der Waals surface area contributed by atoms with Crippen LogP contribution in [0.4, 0.5) is 5.82 Å². The summed E-state index contributed by atoms with van der Waals surface area (Å²) in [6, 6.07) is 9.97. The summed E-state index contributed by atoms with van der Waals surface area (Å²) in [6.45, 7) is 0.0943. The first kappa shape index (κ1) is 15.3. The number of hydrogen-bond acceptors (Lipinski definition) is 6. The van der Waals surface area contributed by atoms with Crippen LogP contribution in [0.25, 0.3) is 5.69 Å². The second-order valence-corrected chi connectivity index (χ2v) is 5.84. The van der Waals surface area contributed by atoms with E-state index >= 15 is 0 Å². The van der Waals surface area contributed by atoms with Crippen LogP contribution in [-0.2, 0) is 24.2 Å². The van der Waals surface area contributed by atoms with Crippen LogP contribution in [0.1, 0.15) is 33.9 Å². The molecule has 4 rings (SSSR count). The lowest BCUT2D eigenvalue weighted by Crippen LogP contribution is -2.12. The number of carbonyl (C=O) groups excluding carboxylic acids is 1. The minimum absolute atomic E-state index is 0.0293. The fraction of sp³-hybridized carbons (Fsp3) is 0.222. The van der Waals surface area contributed by atoms with Crippen molar-refractivity contribution in [2.24, 2.45) is 0 Å². The zero-order chi connectivity index (χ0) is 17.2. The van der Waals surface area contributed by atoms with Crippen molar-refractivity contribution in [1.82, 2.24) is 19.7 Å². The summed E-state index contributed by atoms with van der Waals surface area (Å²) in [5.74, 6) is -0.529. The second-order valence-electron chi connectivity index (χ2n) is 5.84. The normalized spacial score (nSPS) is 12.8. The van der Waals surface area contributed by atoms with Gasteiger partial charge in [-0.3, -0.25) is 0 Å². The van der Waals surface area contributed by atoms with Crippen molar-refractivity contribution in [2.75, 3.05) is 5.73 Å². The number of nitrogens with zero attached hydrogens (tertiary/aromatic N) is 4. The fourth-order valence-electron chi connectivity index (χ4n) is 3.12. The number of nitrogen functional groups attached to an aromatic ring is 1. The Morgan fingerprint density at radius 2 is 1.96 bits per heavy atom. The highest BCUT2D eigenvalue weighted by Crippen LogP contribution is 2.28. The summed E-state index contributed by atoms with van der Waals surface area (Å²) in [5.41, 5.74) is 9.85. The maximum Gasteiger partial charge on any atom is 0.361 e. The van der Waals surface area contributed by atoms with Crippen molar-refractivity contribution in [3.8, 4) is 5.69 Å².